The average Bonchev–Trinajstić information content (AvgIpc) is 3.08. The van der Waals surface area contributed by atoms with Crippen molar-refractivity contribution in [2.24, 2.45) is 10.2 Å². The Kier molecular flexibility index (Phi) is 7.86. The summed E-state index contributed by atoms with van der Waals surface area (Å²) < 4.78 is 71.0. The van der Waals surface area contributed by atoms with Crippen LogP contribution in [-0.2, 0) is 20.2 Å². The molecule has 1 saturated carbocycles. The fourth-order valence-corrected chi connectivity index (χ4v) is 8.09. The zero-order valence-corrected chi connectivity index (χ0v) is 27.5. The van der Waals surface area contributed by atoms with E-state index in [0.29, 0.717) is 18.9 Å². The van der Waals surface area contributed by atoms with Crippen molar-refractivity contribution in [3.8, 4) is 0 Å². The van der Waals surface area contributed by atoms with Crippen LogP contribution in [0.15, 0.2) is 80.7 Å². The highest BCUT2D eigenvalue weighted by molar-refractivity contribution is 7.86. The lowest BCUT2D eigenvalue weighted by Gasteiger charge is -2.28. The van der Waals surface area contributed by atoms with Gasteiger partial charge in [-0.3, -0.25) is 28.3 Å². The van der Waals surface area contributed by atoms with E-state index in [1.165, 1.54) is 42.5 Å². The summed E-state index contributed by atoms with van der Waals surface area (Å²) in [5.74, 6) is -3.13. The van der Waals surface area contributed by atoms with E-state index in [9.17, 15) is 45.1 Å². The largest absolute Gasteiger partial charge is 0.397 e. The van der Waals surface area contributed by atoms with Crippen molar-refractivity contribution in [2.75, 3.05) is 11.1 Å². The summed E-state index contributed by atoms with van der Waals surface area (Å²) in [6, 6.07) is 13.0. The quantitative estimate of drug-likeness (QED) is 0.0954. The standard InChI is InChI=1S/C34H26N4O10S2/c35-29-23(49(43,44)45)15-22(26-27(29)33(41)19-12-6-4-10-17(19)32(26)40)37-38-30-24(50(46,47)48)14-21(36-16-8-2-1-3-9-16)25-28(30)34(42)20-13-7-5-11-18(20)31(25)39/h4-7,10-16,36H,1-3,8-9,35H2,(H,43,44,45)(H,46,47,48)/b38-37+. The summed E-state index contributed by atoms with van der Waals surface area (Å²) in [7, 11) is -10.3. The van der Waals surface area contributed by atoms with Gasteiger partial charge in [0.25, 0.3) is 20.2 Å². The van der Waals surface area contributed by atoms with E-state index in [4.69, 9.17) is 5.73 Å². The molecule has 3 aliphatic rings. The number of ketones is 4. The van der Waals surface area contributed by atoms with Crippen molar-refractivity contribution in [1.82, 2.24) is 0 Å². The highest BCUT2D eigenvalue weighted by Gasteiger charge is 2.39. The molecule has 254 valence electrons. The Morgan fingerprint density at radius 2 is 1.10 bits per heavy atom. The number of nitrogens with two attached hydrogens (primary N) is 1. The molecule has 0 unspecified atom stereocenters. The van der Waals surface area contributed by atoms with Crippen molar-refractivity contribution >= 4 is 66.1 Å². The number of nitrogen functional groups attached to an aromatic ring is 1. The number of nitrogens with one attached hydrogen (secondary N) is 1. The van der Waals surface area contributed by atoms with E-state index in [-0.39, 0.29) is 39.5 Å². The number of rotatable bonds is 6. The maximum absolute atomic E-state index is 14.1. The van der Waals surface area contributed by atoms with Crippen molar-refractivity contribution < 1.29 is 45.1 Å². The van der Waals surface area contributed by atoms with Crippen LogP contribution in [0, 0.1) is 0 Å². The molecule has 1 fully saturated rings. The smallest absolute Gasteiger partial charge is 0.296 e. The summed E-state index contributed by atoms with van der Waals surface area (Å²) in [6.07, 6.45) is 4.13. The number of benzene rings is 4. The van der Waals surface area contributed by atoms with Gasteiger partial charge in [0.1, 0.15) is 15.5 Å². The van der Waals surface area contributed by atoms with E-state index in [1.54, 1.807) is 6.07 Å². The number of hydrogen-bond acceptors (Lipinski definition) is 12. The van der Waals surface area contributed by atoms with Crippen LogP contribution in [0.3, 0.4) is 0 Å². The molecule has 0 aliphatic heterocycles. The third-order valence-corrected chi connectivity index (χ3v) is 10.9. The second-order valence-corrected chi connectivity index (χ2v) is 14.9. The highest BCUT2D eigenvalue weighted by Crippen LogP contribution is 2.45. The lowest BCUT2D eigenvalue weighted by molar-refractivity contribution is 0.0979. The van der Waals surface area contributed by atoms with E-state index in [0.717, 1.165) is 25.3 Å². The molecular weight excluding hydrogens is 689 g/mol. The lowest BCUT2D eigenvalue weighted by Crippen LogP contribution is -2.27. The predicted molar refractivity (Wildman–Crippen MR) is 178 cm³/mol. The molecule has 14 nitrogen and oxygen atoms in total. The summed E-state index contributed by atoms with van der Waals surface area (Å²) in [4.78, 5) is 53.6. The Hall–Kier alpha value is -5.42. The molecule has 0 radical (unpaired) electrons. The van der Waals surface area contributed by atoms with Gasteiger partial charge in [-0.05, 0) is 25.0 Å². The van der Waals surface area contributed by atoms with Crippen molar-refractivity contribution in [3.63, 3.8) is 0 Å². The molecule has 0 aromatic heterocycles. The molecule has 0 bridgehead atoms. The van der Waals surface area contributed by atoms with Gasteiger partial charge in [-0.2, -0.15) is 16.8 Å². The van der Waals surface area contributed by atoms with Crippen LogP contribution in [0.2, 0.25) is 0 Å². The molecule has 0 heterocycles. The van der Waals surface area contributed by atoms with Crippen LogP contribution in [0.25, 0.3) is 0 Å². The topological polar surface area (TPSA) is 240 Å². The van der Waals surface area contributed by atoms with Gasteiger partial charge < -0.3 is 11.1 Å². The first-order valence-corrected chi connectivity index (χ1v) is 18.2. The Morgan fingerprint density at radius 3 is 1.62 bits per heavy atom. The lowest BCUT2D eigenvalue weighted by atomic mass is 9.82. The average molecular weight is 715 g/mol. The number of nitrogens with zero attached hydrogens (tertiary/aromatic N) is 2. The van der Waals surface area contributed by atoms with Gasteiger partial charge in [-0.15, -0.1) is 10.2 Å². The first kappa shape index (κ1) is 33.1. The minimum absolute atomic E-state index is 0.0257. The Labute approximate surface area is 284 Å². The van der Waals surface area contributed by atoms with Crippen LogP contribution < -0.4 is 11.1 Å². The molecule has 7 rings (SSSR count). The fourth-order valence-electron chi connectivity index (χ4n) is 6.80. The predicted octanol–water partition coefficient (Wildman–Crippen LogP) is 5.47. The maximum Gasteiger partial charge on any atom is 0.296 e. The molecule has 16 heteroatoms. The number of azo groups is 1. The van der Waals surface area contributed by atoms with Crippen LogP contribution in [0.1, 0.15) is 95.8 Å². The number of anilines is 2. The van der Waals surface area contributed by atoms with Crippen LogP contribution in [0.5, 0.6) is 0 Å². The van der Waals surface area contributed by atoms with Crippen molar-refractivity contribution in [3.05, 3.63) is 105 Å². The minimum Gasteiger partial charge on any atom is -0.397 e. The monoisotopic (exact) mass is 714 g/mol. The fraction of sp³-hybridized carbons (Fsp3) is 0.176. The van der Waals surface area contributed by atoms with Gasteiger partial charge in [0.2, 0.25) is 0 Å². The van der Waals surface area contributed by atoms with E-state index in [2.05, 4.69) is 15.5 Å². The molecule has 5 N–H and O–H groups in total. The molecule has 0 saturated heterocycles. The molecule has 0 atom stereocenters. The summed E-state index contributed by atoms with van der Waals surface area (Å²) in [5, 5.41) is 11.1. The van der Waals surface area contributed by atoms with E-state index in [1.807, 2.05) is 0 Å². The van der Waals surface area contributed by atoms with Gasteiger partial charge in [0, 0.05) is 34.0 Å². The maximum atomic E-state index is 14.1. The summed E-state index contributed by atoms with van der Waals surface area (Å²) in [6.45, 7) is 0. The highest BCUT2D eigenvalue weighted by atomic mass is 32.2. The van der Waals surface area contributed by atoms with Gasteiger partial charge in [-0.25, -0.2) is 0 Å². The molecule has 4 aromatic rings. The molecule has 0 spiro atoms. The molecule has 0 amide bonds. The van der Waals surface area contributed by atoms with Gasteiger partial charge in [0.15, 0.2) is 23.1 Å². The normalized spacial score (nSPS) is 16.2. The SMILES string of the molecule is Nc1c(S(=O)(=O)O)cc(/N=N/c2c(S(=O)(=O)O)cc(NC3CCCCC3)c3c2C(=O)c2ccccc2C3=O)c2c1C(=O)c1ccccc1C2=O. The van der Waals surface area contributed by atoms with Gasteiger partial charge >= 0.3 is 0 Å². The Bertz CT molecular complexity index is 2490. The third-order valence-electron chi connectivity index (χ3n) is 9.09. The Balaban J connectivity index is 1.51. The van der Waals surface area contributed by atoms with Crippen LogP contribution in [0.4, 0.5) is 22.7 Å². The number of carbonyl (C=O) groups excluding carboxylic acids is 4. The van der Waals surface area contributed by atoms with E-state index < -0.39 is 86.9 Å². The number of fused-ring (bicyclic) bond motifs is 4. The van der Waals surface area contributed by atoms with Crippen LogP contribution >= 0.6 is 0 Å². The molecule has 50 heavy (non-hydrogen) atoms. The third kappa shape index (κ3) is 5.32. The van der Waals surface area contributed by atoms with Crippen LogP contribution in [-0.4, -0.2) is 55.1 Å². The first-order valence-electron chi connectivity index (χ1n) is 15.4. The van der Waals surface area contributed by atoms with Gasteiger partial charge in [0.05, 0.1) is 33.6 Å². The second kappa shape index (κ2) is 11.9. The molecular formula is C34H26N4O10S2. The van der Waals surface area contributed by atoms with Crippen molar-refractivity contribution in [1.29, 1.82) is 0 Å². The minimum atomic E-state index is -5.20. The molecule has 4 aromatic carbocycles. The zero-order valence-electron chi connectivity index (χ0n) is 25.8. The number of carbonyl (C=O) groups is 4. The second-order valence-electron chi connectivity index (χ2n) is 12.1. The summed E-state index contributed by atoms with van der Waals surface area (Å²) >= 11 is 0. The first-order chi connectivity index (χ1) is 23.7. The van der Waals surface area contributed by atoms with Crippen molar-refractivity contribution in [2.45, 2.75) is 47.9 Å². The number of hydrogen-bond donors (Lipinski definition) is 4. The zero-order chi connectivity index (χ0) is 35.7. The molecule has 3 aliphatic carbocycles. The van der Waals surface area contributed by atoms with E-state index >= 15 is 0 Å². The summed E-state index contributed by atoms with van der Waals surface area (Å²) in [5.41, 5.74) is 1.82. The Morgan fingerprint density at radius 1 is 0.620 bits per heavy atom. The van der Waals surface area contributed by atoms with Gasteiger partial charge in [-0.1, -0.05) is 67.8 Å².